The maximum absolute atomic E-state index is 12.3. The molecular formula is C14H14ClNO2S. The second-order valence-electron chi connectivity index (χ2n) is 3.98. The molecule has 0 fully saturated rings. The number of rotatable bonds is 4. The Balaban J connectivity index is 2.25. The highest BCUT2D eigenvalue weighted by Crippen LogP contribution is 2.26. The largest absolute Gasteiger partial charge is 0.497 e. The zero-order chi connectivity index (χ0) is 13.8. The van der Waals surface area contributed by atoms with Gasteiger partial charge in [-0.15, -0.1) is 0 Å². The first-order valence-corrected chi connectivity index (χ1v) is 7.37. The number of nitrogens with two attached hydrogens (primary N) is 1. The van der Waals surface area contributed by atoms with Crippen molar-refractivity contribution in [2.75, 3.05) is 12.8 Å². The molecule has 100 valence electrons. The summed E-state index contributed by atoms with van der Waals surface area (Å²) in [5, 5.41) is 0.538. The number of hydrogen-bond donors (Lipinski definition) is 1. The Morgan fingerprint density at radius 2 is 2.00 bits per heavy atom. The van der Waals surface area contributed by atoms with E-state index in [9.17, 15) is 4.21 Å². The highest BCUT2D eigenvalue weighted by Gasteiger charge is 2.11. The Kier molecular flexibility index (Phi) is 4.45. The molecule has 0 heterocycles. The SMILES string of the molecule is COc1cccc(S(=O)Cc2c(N)cccc2Cl)c1. The van der Waals surface area contributed by atoms with Crippen molar-refractivity contribution in [3.63, 3.8) is 0 Å². The first kappa shape index (κ1) is 13.9. The van der Waals surface area contributed by atoms with Gasteiger partial charge in [-0.1, -0.05) is 23.7 Å². The van der Waals surface area contributed by atoms with Crippen LogP contribution in [0.15, 0.2) is 47.4 Å². The van der Waals surface area contributed by atoms with Crippen LogP contribution < -0.4 is 10.5 Å². The van der Waals surface area contributed by atoms with Crippen LogP contribution >= 0.6 is 11.6 Å². The summed E-state index contributed by atoms with van der Waals surface area (Å²) in [5.41, 5.74) is 7.13. The number of anilines is 1. The molecule has 0 saturated heterocycles. The molecule has 0 aliphatic heterocycles. The fraction of sp³-hybridized carbons (Fsp3) is 0.143. The summed E-state index contributed by atoms with van der Waals surface area (Å²) in [7, 11) is 0.366. The summed E-state index contributed by atoms with van der Waals surface area (Å²) in [6, 6.07) is 12.4. The van der Waals surface area contributed by atoms with Crippen LogP contribution in [0.2, 0.25) is 5.02 Å². The monoisotopic (exact) mass is 295 g/mol. The van der Waals surface area contributed by atoms with Crippen molar-refractivity contribution < 1.29 is 8.95 Å². The first-order valence-electron chi connectivity index (χ1n) is 5.67. The second kappa shape index (κ2) is 6.08. The molecular weight excluding hydrogens is 282 g/mol. The summed E-state index contributed by atoms with van der Waals surface area (Å²) in [6.45, 7) is 0. The van der Waals surface area contributed by atoms with Crippen molar-refractivity contribution in [2.24, 2.45) is 0 Å². The van der Waals surface area contributed by atoms with Crippen LogP contribution in [0.4, 0.5) is 5.69 Å². The average Bonchev–Trinajstić information content (AvgIpc) is 2.43. The van der Waals surface area contributed by atoms with Crippen molar-refractivity contribution in [1.29, 1.82) is 0 Å². The minimum Gasteiger partial charge on any atom is -0.497 e. The van der Waals surface area contributed by atoms with Gasteiger partial charge in [0.05, 0.1) is 23.7 Å². The van der Waals surface area contributed by atoms with Gasteiger partial charge in [-0.05, 0) is 30.3 Å². The Morgan fingerprint density at radius 1 is 1.26 bits per heavy atom. The van der Waals surface area contributed by atoms with Gasteiger partial charge in [-0.3, -0.25) is 4.21 Å². The maximum Gasteiger partial charge on any atom is 0.120 e. The maximum atomic E-state index is 12.3. The summed E-state index contributed by atoms with van der Waals surface area (Å²) < 4.78 is 17.4. The van der Waals surface area contributed by atoms with Crippen molar-refractivity contribution in [2.45, 2.75) is 10.6 Å². The lowest BCUT2D eigenvalue weighted by Gasteiger charge is -2.08. The van der Waals surface area contributed by atoms with Crippen LogP contribution in [0.25, 0.3) is 0 Å². The van der Waals surface area contributed by atoms with E-state index >= 15 is 0 Å². The van der Waals surface area contributed by atoms with E-state index in [0.717, 1.165) is 0 Å². The van der Waals surface area contributed by atoms with E-state index in [0.29, 0.717) is 32.7 Å². The van der Waals surface area contributed by atoms with Gasteiger partial charge in [0.2, 0.25) is 0 Å². The van der Waals surface area contributed by atoms with Crippen LogP contribution in [0.1, 0.15) is 5.56 Å². The minimum absolute atomic E-state index is 0.290. The Labute approximate surface area is 119 Å². The molecule has 3 nitrogen and oxygen atoms in total. The number of nitrogen functional groups attached to an aromatic ring is 1. The molecule has 0 saturated carbocycles. The molecule has 0 aliphatic carbocycles. The molecule has 0 bridgehead atoms. The zero-order valence-corrected chi connectivity index (χ0v) is 12.0. The summed E-state index contributed by atoms with van der Waals surface area (Å²) >= 11 is 6.08. The highest BCUT2D eigenvalue weighted by atomic mass is 35.5. The van der Waals surface area contributed by atoms with E-state index < -0.39 is 10.8 Å². The topological polar surface area (TPSA) is 52.3 Å². The summed E-state index contributed by atoms with van der Waals surface area (Å²) in [6.07, 6.45) is 0. The van der Waals surface area contributed by atoms with Gasteiger partial charge in [-0.2, -0.15) is 0 Å². The summed E-state index contributed by atoms with van der Waals surface area (Å²) in [5.74, 6) is 0.969. The highest BCUT2D eigenvalue weighted by molar-refractivity contribution is 7.84. The van der Waals surface area contributed by atoms with Crippen molar-refractivity contribution in [1.82, 2.24) is 0 Å². The lowest BCUT2D eigenvalue weighted by atomic mass is 10.2. The first-order chi connectivity index (χ1) is 9.11. The molecule has 0 spiro atoms. The van der Waals surface area contributed by atoms with Gasteiger partial charge < -0.3 is 10.5 Å². The van der Waals surface area contributed by atoms with E-state index in [-0.39, 0.29) is 0 Å². The predicted octanol–water partition coefficient (Wildman–Crippen LogP) is 3.24. The third kappa shape index (κ3) is 3.28. The zero-order valence-electron chi connectivity index (χ0n) is 10.4. The molecule has 0 amide bonds. The van der Waals surface area contributed by atoms with Crippen molar-refractivity contribution in [3.8, 4) is 5.75 Å². The fourth-order valence-corrected chi connectivity index (χ4v) is 3.24. The third-order valence-corrected chi connectivity index (χ3v) is 4.42. The molecule has 2 aromatic carbocycles. The normalized spacial score (nSPS) is 12.1. The van der Waals surface area contributed by atoms with E-state index in [4.69, 9.17) is 22.1 Å². The number of halogens is 1. The van der Waals surface area contributed by atoms with Crippen LogP contribution in [-0.4, -0.2) is 11.3 Å². The lowest BCUT2D eigenvalue weighted by molar-refractivity contribution is 0.413. The van der Waals surface area contributed by atoms with E-state index in [2.05, 4.69) is 0 Å². The van der Waals surface area contributed by atoms with E-state index in [1.54, 1.807) is 37.4 Å². The van der Waals surface area contributed by atoms with Gasteiger partial charge in [0.15, 0.2) is 0 Å². The standard InChI is InChI=1S/C14H14ClNO2S/c1-18-10-4-2-5-11(8-10)19(17)9-12-13(15)6-3-7-14(12)16/h2-8H,9,16H2,1H3. The number of methoxy groups -OCH3 is 1. The quantitative estimate of drug-likeness (QED) is 0.881. The molecule has 1 atom stereocenters. The van der Waals surface area contributed by atoms with Gasteiger partial charge in [-0.25, -0.2) is 0 Å². The fourth-order valence-electron chi connectivity index (χ4n) is 1.68. The lowest BCUT2D eigenvalue weighted by Crippen LogP contribution is -2.01. The van der Waals surface area contributed by atoms with Crippen LogP contribution in [0.3, 0.4) is 0 Å². The number of benzene rings is 2. The van der Waals surface area contributed by atoms with Crippen LogP contribution in [-0.2, 0) is 16.6 Å². The average molecular weight is 296 g/mol. The van der Waals surface area contributed by atoms with Gasteiger partial charge in [0.1, 0.15) is 5.75 Å². The predicted molar refractivity (Wildman–Crippen MR) is 79.0 cm³/mol. The molecule has 2 aromatic rings. The van der Waals surface area contributed by atoms with E-state index in [1.807, 2.05) is 12.1 Å². The van der Waals surface area contributed by atoms with Crippen molar-refractivity contribution >= 4 is 28.1 Å². The third-order valence-electron chi connectivity index (χ3n) is 2.73. The Morgan fingerprint density at radius 3 is 2.68 bits per heavy atom. The molecule has 19 heavy (non-hydrogen) atoms. The Bertz CT molecular complexity index is 596. The van der Waals surface area contributed by atoms with Gasteiger partial charge in [0, 0.05) is 21.2 Å². The molecule has 5 heteroatoms. The van der Waals surface area contributed by atoms with Crippen molar-refractivity contribution in [3.05, 3.63) is 53.1 Å². The summed E-state index contributed by atoms with van der Waals surface area (Å²) in [4.78, 5) is 0.693. The molecule has 0 radical (unpaired) electrons. The van der Waals surface area contributed by atoms with Gasteiger partial charge in [0.25, 0.3) is 0 Å². The smallest absolute Gasteiger partial charge is 0.120 e. The molecule has 2 rings (SSSR count). The minimum atomic E-state index is -1.21. The van der Waals surface area contributed by atoms with Gasteiger partial charge >= 0.3 is 0 Å². The molecule has 1 unspecified atom stereocenters. The van der Waals surface area contributed by atoms with Crippen LogP contribution in [0, 0.1) is 0 Å². The van der Waals surface area contributed by atoms with E-state index in [1.165, 1.54) is 0 Å². The molecule has 0 aliphatic rings. The Hall–Kier alpha value is -1.52. The number of ether oxygens (including phenoxy) is 1. The number of hydrogen-bond acceptors (Lipinski definition) is 3. The molecule has 0 aromatic heterocycles. The van der Waals surface area contributed by atoms with Crippen LogP contribution in [0.5, 0.6) is 5.75 Å². The second-order valence-corrected chi connectivity index (χ2v) is 5.83. The molecule has 2 N–H and O–H groups in total.